The Balaban J connectivity index is 1.22. The lowest BCUT2D eigenvalue weighted by atomic mass is 10.1. The number of benzene rings is 1. The number of hydrogen-bond donors (Lipinski definition) is 2. The summed E-state index contributed by atoms with van der Waals surface area (Å²) in [5, 5.41) is 7.40. The summed E-state index contributed by atoms with van der Waals surface area (Å²) in [7, 11) is 0. The van der Waals surface area contributed by atoms with Crippen LogP contribution in [0.4, 0.5) is 11.6 Å². The highest BCUT2D eigenvalue weighted by molar-refractivity contribution is 5.81. The van der Waals surface area contributed by atoms with Gasteiger partial charge in [0.25, 0.3) is 5.56 Å². The number of rotatable bonds is 6. The quantitative estimate of drug-likeness (QED) is 0.321. The zero-order chi connectivity index (χ0) is 27.6. The maximum Gasteiger partial charge on any atom is 0.262 e. The van der Waals surface area contributed by atoms with Crippen LogP contribution in [0.15, 0.2) is 84.0 Å². The van der Waals surface area contributed by atoms with Gasteiger partial charge in [0.05, 0.1) is 42.3 Å². The molecule has 5 aromatic rings. The second-order valence-corrected chi connectivity index (χ2v) is 10.2. The van der Waals surface area contributed by atoms with Gasteiger partial charge in [0.1, 0.15) is 5.65 Å². The maximum absolute atomic E-state index is 13.9. The van der Waals surface area contributed by atoms with E-state index >= 15 is 0 Å². The Labute approximate surface area is 236 Å². The topological polar surface area (TPSA) is 116 Å². The number of fused-ring (bicyclic) bond motifs is 1. The first-order valence-electron chi connectivity index (χ1n) is 13.8. The van der Waals surface area contributed by atoms with Crippen molar-refractivity contribution in [1.82, 2.24) is 29.8 Å². The first kappa shape index (κ1) is 25.5. The molecule has 2 aliphatic rings. The Kier molecular flexibility index (Phi) is 6.93. The lowest BCUT2D eigenvalue weighted by Gasteiger charge is -2.24. The highest BCUT2D eigenvalue weighted by atomic mass is 16.5. The summed E-state index contributed by atoms with van der Waals surface area (Å²) in [5.41, 5.74) is 5.18. The van der Waals surface area contributed by atoms with Gasteiger partial charge in [-0.15, -0.1) is 0 Å². The molecule has 0 amide bonds. The minimum atomic E-state index is -0.152. The Morgan fingerprint density at radius 3 is 2.61 bits per heavy atom. The zero-order valence-corrected chi connectivity index (χ0v) is 22.4. The van der Waals surface area contributed by atoms with Crippen LogP contribution in [0, 0.1) is 0 Å². The predicted octanol–water partition coefficient (Wildman–Crippen LogP) is 4.28. The van der Waals surface area contributed by atoms with Gasteiger partial charge in [0.15, 0.2) is 0 Å². The summed E-state index contributed by atoms with van der Waals surface area (Å²) >= 11 is 0. The van der Waals surface area contributed by atoms with E-state index in [1.165, 1.54) is 0 Å². The molecule has 41 heavy (non-hydrogen) atoms. The number of nitrogens with zero attached hydrogens (tertiary/aromatic N) is 5. The normalized spacial score (nSPS) is 18.9. The van der Waals surface area contributed by atoms with Gasteiger partial charge in [-0.25, -0.2) is 4.98 Å². The van der Waals surface area contributed by atoms with Crippen LogP contribution >= 0.6 is 0 Å². The van der Waals surface area contributed by atoms with Crippen LogP contribution in [0.2, 0.25) is 0 Å². The van der Waals surface area contributed by atoms with Gasteiger partial charge in [0.2, 0.25) is 5.95 Å². The molecule has 0 saturated carbocycles. The number of aromatic nitrogens is 5. The van der Waals surface area contributed by atoms with E-state index in [2.05, 4.69) is 25.6 Å². The molecule has 2 unspecified atom stereocenters. The summed E-state index contributed by atoms with van der Waals surface area (Å²) in [6.07, 6.45) is 6.02. The molecular formula is C31H29N7O3. The number of morpholine rings is 1. The third-order valence-electron chi connectivity index (χ3n) is 7.51. The van der Waals surface area contributed by atoms with Crippen LogP contribution < -0.4 is 16.2 Å². The van der Waals surface area contributed by atoms with Crippen molar-refractivity contribution in [2.45, 2.75) is 18.6 Å². The van der Waals surface area contributed by atoms with E-state index in [9.17, 15) is 4.79 Å². The number of anilines is 2. The standard InChI is InChI=1S/C31H29N7O3/c39-30-25(27-9-6-21(16-34-27)26-3-1-2-11-33-26)15-22-17-35-31(37-29(22)38(30)24-10-13-40-19-24)36-23-7-4-20(5-8-23)28-18-32-12-14-41-28/h1-9,11,15-17,24,28,32H,10,12-14,18-19H2,(H,35,36,37). The molecular weight excluding hydrogens is 518 g/mol. The van der Waals surface area contributed by atoms with Crippen LogP contribution in [0.5, 0.6) is 0 Å². The van der Waals surface area contributed by atoms with Gasteiger partial charge in [0, 0.05) is 54.9 Å². The van der Waals surface area contributed by atoms with Crippen molar-refractivity contribution in [1.29, 1.82) is 0 Å². The van der Waals surface area contributed by atoms with E-state index in [0.29, 0.717) is 42.7 Å². The molecule has 7 rings (SSSR count). The molecule has 2 saturated heterocycles. The molecule has 4 aromatic heterocycles. The van der Waals surface area contributed by atoms with Crippen LogP contribution in [-0.2, 0) is 9.47 Å². The molecule has 0 spiro atoms. The number of hydrogen-bond acceptors (Lipinski definition) is 9. The number of ether oxygens (including phenoxy) is 2. The molecule has 0 aliphatic carbocycles. The largest absolute Gasteiger partial charge is 0.379 e. The summed E-state index contributed by atoms with van der Waals surface area (Å²) in [5.74, 6) is 0.415. The fourth-order valence-corrected chi connectivity index (χ4v) is 5.36. The molecule has 2 fully saturated rings. The summed E-state index contributed by atoms with van der Waals surface area (Å²) < 4.78 is 13.3. The average molecular weight is 548 g/mol. The Bertz CT molecular complexity index is 1710. The van der Waals surface area contributed by atoms with Crippen molar-refractivity contribution in [2.24, 2.45) is 0 Å². The van der Waals surface area contributed by atoms with Crippen LogP contribution in [-0.4, -0.2) is 57.4 Å². The number of pyridine rings is 3. The lowest BCUT2D eigenvalue weighted by Crippen LogP contribution is -2.33. The van der Waals surface area contributed by atoms with Crippen molar-refractivity contribution in [3.05, 3.63) is 95.2 Å². The van der Waals surface area contributed by atoms with Crippen LogP contribution in [0.3, 0.4) is 0 Å². The molecule has 2 atom stereocenters. The summed E-state index contributed by atoms with van der Waals surface area (Å²) in [6.45, 7) is 3.44. The van der Waals surface area contributed by atoms with E-state index in [-0.39, 0.29) is 17.7 Å². The van der Waals surface area contributed by atoms with E-state index in [4.69, 9.17) is 14.5 Å². The second kappa shape index (κ2) is 11.2. The Hall–Kier alpha value is -4.51. The molecule has 0 radical (unpaired) electrons. The minimum absolute atomic E-state index is 0.0488. The van der Waals surface area contributed by atoms with Crippen molar-refractivity contribution in [2.75, 3.05) is 38.2 Å². The minimum Gasteiger partial charge on any atom is -0.379 e. The van der Waals surface area contributed by atoms with E-state index in [1.807, 2.05) is 60.7 Å². The van der Waals surface area contributed by atoms with Crippen LogP contribution in [0.25, 0.3) is 33.5 Å². The first-order chi connectivity index (χ1) is 20.2. The van der Waals surface area contributed by atoms with Gasteiger partial charge >= 0.3 is 0 Å². The Morgan fingerprint density at radius 1 is 0.951 bits per heavy atom. The molecule has 206 valence electrons. The third kappa shape index (κ3) is 5.20. The predicted molar refractivity (Wildman–Crippen MR) is 156 cm³/mol. The highest BCUT2D eigenvalue weighted by Crippen LogP contribution is 2.27. The van der Waals surface area contributed by atoms with Gasteiger partial charge < -0.3 is 20.1 Å². The van der Waals surface area contributed by atoms with Gasteiger partial charge in [-0.05, 0) is 54.4 Å². The average Bonchev–Trinajstić information content (AvgIpc) is 3.57. The van der Waals surface area contributed by atoms with Crippen LogP contribution in [0.1, 0.15) is 24.1 Å². The van der Waals surface area contributed by atoms with Gasteiger partial charge in [-0.2, -0.15) is 4.98 Å². The van der Waals surface area contributed by atoms with Gasteiger partial charge in [-0.3, -0.25) is 19.3 Å². The fourth-order valence-electron chi connectivity index (χ4n) is 5.36. The molecule has 2 aliphatic heterocycles. The zero-order valence-electron chi connectivity index (χ0n) is 22.4. The molecule has 2 N–H and O–H groups in total. The third-order valence-corrected chi connectivity index (χ3v) is 7.51. The smallest absolute Gasteiger partial charge is 0.262 e. The monoisotopic (exact) mass is 547 g/mol. The summed E-state index contributed by atoms with van der Waals surface area (Å²) in [4.78, 5) is 32.3. The van der Waals surface area contributed by atoms with Crippen molar-refractivity contribution >= 4 is 22.7 Å². The maximum atomic E-state index is 13.9. The SMILES string of the molecule is O=c1c(-c2ccc(-c3ccccn3)cn2)cc2cnc(Nc3ccc(C4CNCCO4)cc3)nc2n1C1CCOC1. The Morgan fingerprint density at radius 2 is 1.88 bits per heavy atom. The van der Waals surface area contributed by atoms with Crippen molar-refractivity contribution in [3.63, 3.8) is 0 Å². The summed E-state index contributed by atoms with van der Waals surface area (Å²) in [6, 6.07) is 19.3. The molecule has 10 nitrogen and oxygen atoms in total. The fraction of sp³-hybridized carbons (Fsp3) is 0.258. The van der Waals surface area contributed by atoms with Gasteiger partial charge in [-0.1, -0.05) is 18.2 Å². The van der Waals surface area contributed by atoms with E-state index in [0.717, 1.165) is 47.4 Å². The first-order valence-corrected chi connectivity index (χ1v) is 13.8. The second-order valence-electron chi connectivity index (χ2n) is 10.2. The highest BCUT2D eigenvalue weighted by Gasteiger charge is 2.24. The lowest BCUT2D eigenvalue weighted by molar-refractivity contribution is 0.0277. The van der Waals surface area contributed by atoms with E-state index in [1.54, 1.807) is 23.2 Å². The molecule has 10 heteroatoms. The van der Waals surface area contributed by atoms with Crippen molar-refractivity contribution < 1.29 is 9.47 Å². The number of nitrogens with one attached hydrogen (secondary N) is 2. The van der Waals surface area contributed by atoms with E-state index < -0.39 is 0 Å². The van der Waals surface area contributed by atoms with Crippen molar-refractivity contribution in [3.8, 4) is 22.5 Å². The molecule has 0 bridgehead atoms. The molecule has 1 aromatic carbocycles. The molecule has 6 heterocycles.